The van der Waals surface area contributed by atoms with Gasteiger partial charge in [-0.2, -0.15) is 10.5 Å². The van der Waals surface area contributed by atoms with E-state index in [0.717, 1.165) is 12.8 Å². The predicted octanol–water partition coefficient (Wildman–Crippen LogP) is -2.62. The number of rotatable bonds is 3. The maximum Gasteiger partial charge on any atom is 1.00 e. The minimum atomic E-state index is -0.273. The molecule has 1 aliphatic heterocycles. The fourth-order valence-corrected chi connectivity index (χ4v) is 1.62. The summed E-state index contributed by atoms with van der Waals surface area (Å²) >= 11 is 0. The van der Waals surface area contributed by atoms with Gasteiger partial charge >= 0.3 is 29.6 Å². The van der Waals surface area contributed by atoms with Crippen LogP contribution in [0.4, 0.5) is 0 Å². The van der Waals surface area contributed by atoms with Crippen LogP contribution < -0.4 is 40.0 Å². The molecule has 0 saturated carbocycles. The van der Waals surface area contributed by atoms with Crippen LogP contribution in [-0.4, -0.2) is 5.90 Å². The van der Waals surface area contributed by atoms with E-state index in [0.29, 0.717) is 5.57 Å². The van der Waals surface area contributed by atoms with Crippen LogP contribution in [-0.2, 0) is 0 Å². The van der Waals surface area contributed by atoms with E-state index < -0.39 is 0 Å². The van der Waals surface area contributed by atoms with Crippen molar-refractivity contribution in [3.8, 4) is 12.3 Å². The SMILES string of the molecule is CCCC1CC([O-])=NC(NC#N)=C1C#N.[Na+]. The van der Waals surface area contributed by atoms with Crippen molar-refractivity contribution in [3.05, 3.63) is 11.4 Å². The summed E-state index contributed by atoms with van der Waals surface area (Å²) in [6.45, 7) is 1.99. The summed E-state index contributed by atoms with van der Waals surface area (Å²) in [4.78, 5) is 3.64. The van der Waals surface area contributed by atoms with Gasteiger partial charge in [0.15, 0.2) is 12.0 Å². The summed E-state index contributed by atoms with van der Waals surface area (Å²) in [5, 5.41) is 30.9. The zero-order valence-electron chi connectivity index (χ0n) is 9.45. The molecule has 0 bridgehead atoms. The number of allylic oxidation sites excluding steroid dienone is 1. The van der Waals surface area contributed by atoms with Gasteiger partial charge in [-0.15, -0.1) is 0 Å². The number of hydrogen-bond acceptors (Lipinski definition) is 5. The maximum atomic E-state index is 11.2. The van der Waals surface area contributed by atoms with E-state index in [-0.39, 0.29) is 53.6 Å². The summed E-state index contributed by atoms with van der Waals surface area (Å²) in [7, 11) is 0. The van der Waals surface area contributed by atoms with Crippen LogP contribution in [0.2, 0.25) is 0 Å². The van der Waals surface area contributed by atoms with Gasteiger partial charge < -0.3 is 5.11 Å². The Morgan fingerprint density at radius 2 is 2.25 bits per heavy atom. The van der Waals surface area contributed by atoms with Gasteiger partial charge in [0.25, 0.3) is 0 Å². The molecule has 6 heteroatoms. The first-order chi connectivity index (χ1) is 7.22. The molecular formula is C10H11N4NaO. The van der Waals surface area contributed by atoms with Crippen molar-refractivity contribution in [2.75, 3.05) is 0 Å². The van der Waals surface area contributed by atoms with E-state index in [9.17, 15) is 5.11 Å². The van der Waals surface area contributed by atoms with Gasteiger partial charge in [0.1, 0.15) is 0 Å². The van der Waals surface area contributed by atoms with Gasteiger partial charge in [0.2, 0.25) is 0 Å². The molecule has 0 aromatic rings. The molecule has 1 atom stereocenters. The van der Waals surface area contributed by atoms with E-state index in [2.05, 4.69) is 10.3 Å². The molecule has 0 spiro atoms. The third-order valence-electron chi connectivity index (χ3n) is 2.25. The molecule has 1 aliphatic rings. The Balaban J connectivity index is 0.00000225. The summed E-state index contributed by atoms with van der Waals surface area (Å²) in [5.74, 6) is -0.249. The molecular weight excluding hydrogens is 215 g/mol. The Hall–Kier alpha value is -1.01. The average molecular weight is 226 g/mol. The number of nitrogens with one attached hydrogen (secondary N) is 1. The number of hydrogen-bond donors (Lipinski definition) is 1. The van der Waals surface area contributed by atoms with Gasteiger partial charge in [0.05, 0.1) is 11.6 Å². The smallest absolute Gasteiger partial charge is 0.862 e. The molecule has 1 rings (SSSR count). The summed E-state index contributed by atoms with van der Waals surface area (Å²) < 4.78 is 0. The van der Waals surface area contributed by atoms with Crippen molar-refractivity contribution in [3.63, 3.8) is 0 Å². The second-order valence-electron chi connectivity index (χ2n) is 3.31. The largest absolute Gasteiger partial charge is 1.00 e. The molecule has 0 amide bonds. The Labute approximate surface area is 117 Å². The molecule has 0 fully saturated rings. The second kappa shape index (κ2) is 7.29. The van der Waals surface area contributed by atoms with Crippen LogP contribution in [0, 0.1) is 28.7 Å². The molecule has 16 heavy (non-hydrogen) atoms. The zero-order chi connectivity index (χ0) is 11.3. The van der Waals surface area contributed by atoms with Crippen molar-refractivity contribution >= 4 is 5.90 Å². The minimum Gasteiger partial charge on any atom is -0.862 e. The third-order valence-corrected chi connectivity index (χ3v) is 2.25. The normalized spacial score (nSPS) is 18.9. The number of nitriles is 2. The van der Waals surface area contributed by atoms with Crippen molar-refractivity contribution in [1.82, 2.24) is 5.32 Å². The summed E-state index contributed by atoms with van der Waals surface area (Å²) in [6, 6.07) is 2.01. The van der Waals surface area contributed by atoms with Gasteiger partial charge in [-0.25, -0.2) is 4.99 Å². The van der Waals surface area contributed by atoms with Crippen LogP contribution in [0.15, 0.2) is 16.4 Å². The van der Waals surface area contributed by atoms with Crippen LogP contribution in [0.1, 0.15) is 26.2 Å². The summed E-state index contributed by atoms with van der Waals surface area (Å²) in [5.41, 5.74) is 0.415. The van der Waals surface area contributed by atoms with Crippen molar-refractivity contribution in [2.45, 2.75) is 26.2 Å². The molecule has 0 saturated heterocycles. The van der Waals surface area contributed by atoms with Crippen molar-refractivity contribution in [1.29, 1.82) is 10.5 Å². The first-order valence-corrected chi connectivity index (χ1v) is 4.76. The number of aliphatic imine (C=N–C) groups is 1. The topological polar surface area (TPSA) is 95.0 Å². The van der Waals surface area contributed by atoms with Crippen LogP contribution >= 0.6 is 0 Å². The molecule has 0 aromatic carbocycles. The predicted molar refractivity (Wildman–Crippen MR) is 51.8 cm³/mol. The summed E-state index contributed by atoms with van der Waals surface area (Å²) in [6.07, 6.45) is 3.61. The molecule has 5 nitrogen and oxygen atoms in total. The molecule has 78 valence electrons. The minimum absolute atomic E-state index is 0. The van der Waals surface area contributed by atoms with E-state index in [4.69, 9.17) is 10.5 Å². The van der Waals surface area contributed by atoms with Gasteiger partial charge in [-0.3, -0.25) is 5.32 Å². The molecule has 0 radical (unpaired) electrons. The average Bonchev–Trinajstić information content (AvgIpc) is 2.18. The molecule has 1 unspecified atom stereocenters. The molecule has 0 aromatic heterocycles. The quantitative estimate of drug-likeness (QED) is 0.323. The Bertz CT molecular complexity index is 389. The van der Waals surface area contributed by atoms with E-state index in [1.54, 1.807) is 6.19 Å². The standard InChI is InChI=1S/C10H12N4O.Na/c1-2-3-7-4-9(15)14-10(13-6-12)8(7)5-11;/h7,13H,2-4H2,1H3,(H,14,15);/q;+1/p-1. The third kappa shape index (κ3) is 3.53. The molecule has 0 aliphatic carbocycles. The van der Waals surface area contributed by atoms with Crippen LogP contribution in [0.3, 0.4) is 0 Å². The zero-order valence-corrected chi connectivity index (χ0v) is 11.4. The van der Waals surface area contributed by atoms with Crippen LogP contribution in [0.5, 0.6) is 0 Å². The first-order valence-electron chi connectivity index (χ1n) is 4.76. The fourth-order valence-electron chi connectivity index (χ4n) is 1.62. The molecule has 1 heterocycles. The Kier molecular flexibility index (Phi) is 6.83. The fraction of sp³-hybridized carbons (Fsp3) is 0.500. The van der Waals surface area contributed by atoms with E-state index in [1.807, 2.05) is 13.0 Å². The molecule has 1 N–H and O–H groups in total. The van der Waals surface area contributed by atoms with Crippen molar-refractivity contribution < 1.29 is 34.7 Å². The Morgan fingerprint density at radius 3 is 2.75 bits per heavy atom. The van der Waals surface area contributed by atoms with E-state index >= 15 is 0 Å². The maximum absolute atomic E-state index is 11.2. The first kappa shape index (κ1) is 15.0. The van der Waals surface area contributed by atoms with Gasteiger partial charge in [-0.1, -0.05) is 13.3 Å². The number of nitrogens with zero attached hydrogens (tertiary/aromatic N) is 3. The monoisotopic (exact) mass is 226 g/mol. The Morgan fingerprint density at radius 1 is 1.56 bits per heavy atom. The second-order valence-corrected chi connectivity index (χ2v) is 3.31. The van der Waals surface area contributed by atoms with Crippen LogP contribution in [0.25, 0.3) is 0 Å². The van der Waals surface area contributed by atoms with Gasteiger partial charge in [0, 0.05) is 5.92 Å². The van der Waals surface area contributed by atoms with E-state index in [1.165, 1.54) is 0 Å². The van der Waals surface area contributed by atoms with Crippen molar-refractivity contribution in [2.24, 2.45) is 10.9 Å². The van der Waals surface area contributed by atoms with Gasteiger partial charge in [-0.05, 0) is 18.7 Å².